The molecule has 0 amide bonds. The zero-order valence-electron chi connectivity index (χ0n) is 18.4. The molecule has 1 saturated carbocycles. The Morgan fingerprint density at radius 2 is 1.88 bits per heavy atom. The van der Waals surface area contributed by atoms with Gasteiger partial charge in [0, 0.05) is 6.20 Å². The van der Waals surface area contributed by atoms with Crippen LogP contribution in [0.25, 0.3) is 17.1 Å². The van der Waals surface area contributed by atoms with Crippen LogP contribution in [0.5, 0.6) is 0 Å². The lowest BCUT2D eigenvalue weighted by atomic mass is 9.66. The Hall–Kier alpha value is -3.62. The summed E-state index contributed by atoms with van der Waals surface area (Å²) in [5.41, 5.74) is 1.89. The highest BCUT2D eigenvalue weighted by molar-refractivity contribution is 5.64. The highest BCUT2D eigenvalue weighted by Gasteiger charge is 2.65. The second kappa shape index (κ2) is 6.69. The molecule has 33 heavy (non-hydrogen) atoms. The van der Waals surface area contributed by atoms with Gasteiger partial charge in [0.25, 0.3) is 0 Å². The Kier molecular flexibility index (Phi) is 4.06. The fraction of sp³-hybridized carbons (Fsp3) is 0.333. The molecule has 4 aromatic rings. The maximum absolute atomic E-state index is 14.4. The first-order valence-corrected chi connectivity index (χ1v) is 10.9. The van der Waals surface area contributed by atoms with Crippen molar-refractivity contribution in [3.8, 4) is 17.1 Å². The summed E-state index contributed by atoms with van der Waals surface area (Å²) >= 11 is 0. The molecule has 0 unspecified atom stereocenters. The number of aromatic nitrogens is 7. The van der Waals surface area contributed by atoms with E-state index >= 15 is 0 Å². The SMILES string of the molecule is Cc1ncn(-c2cncc([C@@]34CC[C@@H](c5cc(-c6c(F)cccc6F)nnc53)C4(C)C)n2)n1. The van der Waals surface area contributed by atoms with E-state index in [1.807, 2.05) is 6.92 Å². The van der Waals surface area contributed by atoms with Gasteiger partial charge < -0.3 is 0 Å². The molecule has 6 rings (SSSR count). The lowest BCUT2D eigenvalue weighted by Crippen LogP contribution is -2.38. The number of fused-ring (bicyclic) bond motifs is 5. The van der Waals surface area contributed by atoms with Crippen LogP contribution >= 0.6 is 0 Å². The summed E-state index contributed by atoms with van der Waals surface area (Å²) in [4.78, 5) is 13.6. The van der Waals surface area contributed by atoms with Crippen molar-refractivity contribution < 1.29 is 8.78 Å². The molecule has 1 aromatic carbocycles. The van der Waals surface area contributed by atoms with Crippen LogP contribution in [0.1, 0.15) is 55.4 Å². The van der Waals surface area contributed by atoms with Gasteiger partial charge in [0.05, 0.1) is 34.3 Å². The van der Waals surface area contributed by atoms with Crippen LogP contribution in [-0.2, 0) is 5.41 Å². The lowest BCUT2D eigenvalue weighted by molar-refractivity contribution is 0.242. The third kappa shape index (κ3) is 2.59. The van der Waals surface area contributed by atoms with Crippen LogP contribution in [0.4, 0.5) is 8.78 Å². The summed E-state index contributed by atoms with van der Waals surface area (Å²) in [6.07, 6.45) is 6.80. The molecule has 0 radical (unpaired) electrons. The van der Waals surface area contributed by atoms with E-state index < -0.39 is 17.0 Å². The number of hydrogen-bond donors (Lipinski definition) is 0. The fourth-order valence-corrected chi connectivity index (χ4v) is 5.88. The minimum Gasteiger partial charge on any atom is -0.259 e. The predicted octanol–water partition coefficient (Wildman–Crippen LogP) is 4.30. The van der Waals surface area contributed by atoms with Crippen LogP contribution < -0.4 is 0 Å². The molecule has 0 aliphatic heterocycles. The molecule has 0 N–H and O–H groups in total. The normalized spacial score (nSPS) is 22.5. The number of benzene rings is 1. The molecule has 3 heterocycles. The van der Waals surface area contributed by atoms with Crippen molar-refractivity contribution in [3.63, 3.8) is 0 Å². The van der Waals surface area contributed by atoms with Crippen LogP contribution in [-0.4, -0.2) is 34.9 Å². The van der Waals surface area contributed by atoms with Gasteiger partial charge >= 0.3 is 0 Å². The molecule has 7 nitrogen and oxygen atoms in total. The van der Waals surface area contributed by atoms with Crippen LogP contribution in [0, 0.1) is 24.0 Å². The van der Waals surface area contributed by atoms with Gasteiger partial charge in [0.15, 0.2) is 5.82 Å². The van der Waals surface area contributed by atoms with Gasteiger partial charge in [-0.1, -0.05) is 19.9 Å². The molecule has 9 heteroatoms. The summed E-state index contributed by atoms with van der Waals surface area (Å²) < 4.78 is 30.5. The van der Waals surface area contributed by atoms with Gasteiger partial charge in [-0.25, -0.2) is 23.4 Å². The number of hydrogen-bond acceptors (Lipinski definition) is 6. The van der Waals surface area contributed by atoms with E-state index in [9.17, 15) is 8.78 Å². The summed E-state index contributed by atoms with van der Waals surface area (Å²) in [6, 6.07) is 5.61. The first-order valence-electron chi connectivity index (χ1n) is 10.9. The number of nitrogens with zero attached hydrogens (tertiary/aromatic N) is 7. The second-order valence-electron chi connectivity index (χ2n) is 9.35. The van der Waals surface area contributed by atoms with Crippen molar-refractivity contribution in [1.29, 1.82) is 0 Å². The maximum atomic E-state index is 14.4. The molecular formula is C24H21F2N7. The number of halogens is 2. The van der Waals surface area contributed by atoms with E-state index in [2.05, 4.69) is 39.1 Å². The van der Waals surface area contributed by atoms with Gasteiger partial charge in [-0.15, -0.1) is 5.10 Å². The van der Waals surface area contributed by atoms with Gasteiger partial charge in [-0.05, 0) is 54.9 Å². The van der Waals surface area contributed by atoms with Crippen molar-refractivity contribution in [2.75, 3.05) is 0 Å². The van der Waals surface area contributed by atoms with Crippen LogP contribution in [0.3, 0.4) is 0 Å². The first kappa shape index (κ1) is 20.0. The van der Waals surface area contributed by atoms with E-state index in [1.165, 1.54) is 18.2 Å². The molecule has 0 saturated heterocycles. The zero-order valence-corrected chi connectivity index (χ0v) is 18.4. The highest BCUT2D eigenvalue weighted by Crippen LogP contribution is 2.69. The second-order valence-corrected chi connectivity index (χ2v) is 9.35. The van der Waals surface area contributed by atoms with E-state index in [0.717, 1.165) is 29.8 Å². The van der Waals surface area contributed by atoms with Crippen molar-refractivity contribution in [2.45, 2.75) is 44.9 Å². The predicted molar refractivity (Wildman–Crippen MR) is 116 cm³/mol. The zero-order chi connectivity index (χ0) is 23.0. The molecule has 3 aromatic heterocycles. The minimum absolute atomic E-state index is 0.147. The quantitative estimate of drug-likeness (QED) is 0.468. The minimum atomic E-state index is -0.650. The molecule has 2 aliphatic carbocycles. The first-order chi connectivity index (χ1) is 15.8. The van der Waals surface area contributed by atoms with Gasteiger partial charge in [-0.3, -0.25) is 4.98 Å². The fourth-order valence-electron chi connectivity index (χ4n) is 5.88. The molecule has 0 spiro atoms. The van der Waals surface area contributed by atoms with E-state index in [-0.39, 0.29) is 22.6 Å². The average Bonchev–Trinajstić information content (AvgIpc) is 3.40. The Labute approximate surface area is 189 Å². The van der Waals surface area contributed by atoms with Crippen molar-refractivity contribution in [2.24, 2.45) is 5.41 Å². The molecule has 2 atom stereocenters. The monoisotopic (exact) mass is 445 g/mol. The maximum Gasteiger partial charge on any atom is 0.173 e. The van der Waals surface area contributed by atoms with Crippen molar-refractivity contribution in [3.05, 3.63) is 77.4 Å². The summed E-state index contributed by atoms with van der Waals surface area (Å²) in [5, 5.41) is 13.2. The van der Waals surface area contributed by atoms with E-state index in [0.29, 0.717) is 11.6 Å². The smallest absolute Gasteiger partial charge is 0.173 e. The van der Waals surface area contributed by atoms with Gasteiger partial charge in [0.1, 0.15) is 23.8 Å². The van der Waals surface area contributed by atoms with Crippen LogP contribution in [0.15, 0.2) is 43.0 Å². The van der Waals surface area contributed by atoms with Crippen molar-refractivity contribution >= 4 is 0 Å². The highest BCUT2D eigenvalue weighted by atomic mass is 19.1. The van der Waals surface area contributed by atoms with E-state index in [1.54, 1.807) is 29.5 Å². The summed E-state index contributed by atoms with van der Waals surface area (Å²) in [7, 11) is 0. The standard InChI is InChI=1S/C24H21F2N7/c1-13-28-12-33(32-13)20-11-27-10-19(29-20)24-8-7-15(23(24,2)3)14-9-18(30-31-22(14)24)21-16(25)5-4-6-17(21)26/h4-6,9-12,15H,7-8H2,1-3H3/t15-,24-/m0/s1. The van der Waals surface area contributed by atoms with E-state index in [4.69, 9.17) is 4.98 Å². The third-order valence-electron chi connectivity index (χ3n) is 7.50. The average molecular weight is 445 g/mol. The van der Waals surface area contributed by atoms with Gasteiger partial charge in [0.2, 0.25) is 0 Å². The lowest BCUT2D eigenvalue weighted by Gasteiger charge is -2.37. The topological polar surface area (TPSA) is 82.3 Å². The Morgan fingerprint density at radius 1 is 1.09 bits per heavy atom. The van der Waals surface area contributed by atoms with Crippen LogP contribution in [0.2, 0.25) is 0 Å². The molecule has 2 bridgehead atoms. The molecule has 1 fully saturated rings. The molecular weight excluding hydrogens is 424 g/mol. The largest absolute Gasteiger partial charge is 0.259 e. The molecule has 2 aliphatic rings. The van der Waals surface area contributed by atoms with Crippen molar-refractivity contribution in [1.82, 2.24) is 34.9 Å². The summed E-state index contributed by atoms with van der Waals surface area (Å²) in [5.74, 6) is 0.0848. The molecule has 166 valence electrons. The number of rotatable bonds is 3. The Bertz CT molecular complexity index is 1390. The Morgan fingerprint density at radius 3 is 2.61 bits per heavy atom. The van der Waals surface area contributed by atoms with Gasteiger partial charge in [-0.2, -0.15) is 10.2 Å². The number of aryl methyl sites for hydroxylation is 1. The third-order valence-corrected chi connectivity index (χ3v) is 7.50. The summed E-state index contributed by atoms with van der Waals surface area (Å²) in [6.45, 7) is 6.21. The Balaban J connectivity index is 1.53.